The molecule has 1 heterocycles. The summed E-state index contributed by atoms with van der Waals surface area (Å²) in [6.07, 6.45) is 4.54. The average molecular weight is 224 g/mol. The first kappa shape index (κ1) is 11.0. The van der Waals surface area contributed by atoms with E-state index < -0.39 is 11.2 Å². The van der Waals surface area contributed by atoms with E-state index in [0.29, 0.717) is 12.5 Å². The molecule has 16 heavy (non-hydrogen) atoms. The van der Waals surface area contributed by atoms with Crippen LogP contribution in [0.1, 0.15) is 31.2 Å². The van der Waals surface area contributed by atoms with Crippen molar-refractivity contribution in [2.45, 2.75) is 39.2 Å². The molecule has 5 nitrogen and oxygen atoms in total. The molecule has 1 aliphatic carbocycles. The summed E-state index contributed by atoms with van der Waals surface area (Å²) < 4.78 is 1.27. The molecule has 0 bridgehead atoms. The highest BCUT2D eigenvalue weighted by atomic mass is 16.3. The summed E-state index contributed by atoms with van der Waals surface area (Å²) in [6, 6.07) is 0. The van der Waals surface area contributed by atoms with E-state index in [2.05, 4.69) is 4.98 Å². The SMILES string of the molecule is Cc1c(O)n(CC2CCCC2)c(=O)[nH]c1=O. The Hall–Kier alpha value is -1.52. The number of H-pyrrole nitrogens is 1. The van der Waals surface area contributed by atoms with E-state index in [9.17, 15) is 14.7 Å². The molecule has 0 aromatic carbocycles. The first-order valence-corrected chi connectivity index (χ1v) is 5.62. The molecular formula is C11H16N2O3. The quantitative estimate of drug-likeness (QED) is 0.778. The van der Waals surface area contributed by atoms with Crippen LogP contribution in [0.15, 0.2) is 9.59 Å². The largest absolute Gasteiger partial charge is 0.494 e. The molecule has 1 saturated carbocycles. The Labute approximate surface area is 92.7 Å². The second-order valence-electron chi connectivity index (χ2n) is 4.47. The lowest BCUT2D eigenvalue weighted by molar-refractivity contribution is 0.357. The molecule has 0 spiro atoms. The molecule has 0 aliphatic heterocycles. The minimum Gasteiger partial charge on any atom is -0.494 e. The van der Waals surface area contributed by atoms with E-state index in [1.54, 1.807) is 0 Å². The fourth-order valence-electron chi connectivity index (χ4n) is 2.28. The third-order valence-corrected chi connectivity index (χ3v) is 3.31. The highest BCUT2D eigenvalue weighted by Crippen LogP contribution is 2.26. The molecule has 0 amide bonds. The summed E-state index contributed by atoms with van der Waals surface area (Å²) >= 11 is 0. The third kappa shape index (κ3) is 1.89. The van der Waals surface area contributed by atoms with Crippen molar-refractivity contribution in [2.75, 3.05) is 0 Å². The minimum atomic E-state index is -0.514. The van der Waals surface area contributed by atoms with E-state index in [0.717, 1.165) is 12.8 Å². The summed E-state index contributed by atoms with van der Waals surface area (Å²) in [5, 5.41) is 9.76. The van der Waals surface area contributed by atoms with Crippen molar-refractivity contribution in [1.82, 2.24) is 9.55 Å². The molecular weight excluding hydrogens is 208 g/mol. The highest BCUT2D eigenvalue weighted by Gasteiger charge is 2.18. The van der Waals surface area contributed by atoms with Gasteiger partial charge >= 0.3 is 5.69 Å². The normalized spacial score (nSPS) is 16.8. The number of nitrogens with one attached hydrogen (secondary N) is 1. The Morgan fingerprint density at radius 3 is 2.62 bits per heavy atom. The topological polar surface area (TPSA) is 75.1 Å². The average Bonchev–Trinajstić information content (AvgIpc) is 2.74. The van der Waals surface area contributed by atoms with Crippen LogP contribution in [0.2, 0.25) is 0 Å². The van der Waals surface area contributed by atoms with E-state index >= 15 is 0 Å². The summed E-state index contributed by atoms with van der Waals surface area (Å²) in [7, 11) is 0. The lowest BCUT2D eigenvalue weighted by atomic mass is 10.1. The van der Waals surface area contributed by atoms with E-state index in [-0.39, 0.29) is 11.4 Å². The molecule has 0 radical (unpaired) electrons. The second kappa shape index (κ2) is 4.15. The van der Waals surface area contributed by atoms with Gasteiger partial charge in [-0.05, 0) is 25.7 Å². The molecule has 1 aromatic rings. The van der Waals surface area contributed by atoms with Crippen LogP contribution in [0.25, 0.3) is 0 Å². The first-order chi connectivity index (χ1) is 7.59. The van der Waals surface area contributed by atoms with E-state index in [1.165, 1.54) is 24.3 Å². The number of hydrogen-bond acceptors (Lipinski definition) is 3. The number of aromatic nitrogens is 2. The van der Waals surface area contributed by atoms with Gasteiger partial charge < -0.3 is 5.11 Å². The maximum atomic E-state index is 11.5. The van der Waals surface area contributed by atoms with Gasteiger partial charge in [-0.1, -0.05) is 12.8 Å². The van der Waals surface area contributed by atoms with Crippen molar-refractivity contribution in [1.29, 1.82) is 0 Å². The summed E-state index contributed by atoms with van der Waals surface area (Å²) in [4.78, 5) is 25.0. The molecule has 1 aromatic heterocycles. The van der Waals surface area contributed by atoms with Crippen molar-refractivity contribution in [3.05, 3.63) is 26.4 Å². The Morgan fingerprint density at radius 1 is 1.38 bits per heavy atom. The molecule has 88 valence electrons. The van der Waals surface area contributed by atoms with Gasteiger partial charge in [0.05, 0.1) is 5.56 Å². The number of aromatic amines is 1. The lowest BCUT2D eigenvalue weighted by Crippen LogP contribution is -2.32. The number of rotatable bonds is 2. The maximum absolute atomic E-state index is 11.5. The van der Waals surface area contributed by atoms with E-state index in [1.807, 2.05) is 0 Å². The predicted octanol–water partition coefficient (Wildman–Crippen LogP) is 0.741. The Kier molecular flexibility index (Phi) is 2.85. The van der Waals surface area contributed by atoms with Crippen LogP contribution in [0, 0.1) is 12.8 Å². The van der Waals surface area contributed by atoms with Gasteiger partial charge in [-0.2, -0.15) is 0 Å². The van der Waals surface area contributed by atoms with Crippen molar-refractivity contribution < 1.29 is 5.11 Å². The van der Waals surface area contributed by atoms with Crippen molar-refractivity contribution in [3.8, 4) is 5.88 Å². The van der Waals surface area contributed by atoms with Crippen LogP contribution < -0.4 is 11.2 Å². The zero-order valence-electron chi connectivity index (χ0n) is 9.32. The van der Waals surface area contributed by atoms with Gasteiger partial charge in [0, 0.05) is 6.54 Å². The first-order valence-electron chi connectivity index (χ1n) is 5.62. The third-order valence-electron chi connectivity index (χ3n) is 3.31. The Bertz CT molecular complexity index is 495. The van der Waals surface area contributed by atoms with Crippen molar-refractivity contribution in [2.24, 2.45) is 5.92 Å². The Morgan fingerprint density at radius 2 is 2.00 bits per heavy atom. The van der Waals surface area contributed by atoms with Gasteiger partial charge in [-0.3, -0.25) is 14.3 Å². The van der Waals surface area contributed by atoms with Crippen LogP contribution in [0.4, 0.5) is 0 Å². The van der Waals surface area contributed by atoms with Gasteiger partial charge in [0.25, 0.3) is 5.56 Å². The minimum absolute atomic E-state index is 0.194. The monoisotopic (exact) mass is 224 g/mol. The maximum Gasteiger partial charge on any atom is 0.331 e. The van der Waals surface area contributed by atoms with Crippen molar-refractivity contribution in [3.63, 3.8) is 0 Å². The number of aromatic hydroxyl groups is 1. The summed E-state index contributed by atoms with van der Waals surface area (Å²) in [6.45, 7) is 2.01. The lowest BCUT2D eigenvalue weighted by Gasteiger charge is -2.13. The van der Waals surface area contributed by atoms with Gasteiger partial charge in [-0.25, -0.2) is 4.79 Å². The molecule has 2 N–H and O–H groups in total. The fourth-order valence-corrected chi connectivity index (χ4v) is 2.28. The zero-order valence-corrected chi connectivity index (χ0v) is 9.32. The molecule has 2 rings (SSSR count). The van der Waals surface area contributed by atoms with Gasteiger partial charge in [0.15, 0.2) is 0 Å². The number of nitrogens with zero attached hydrogens (tertiary/aromatic N) is 1. The molecule has 5 heteroatoms. The zero-order chi connectivity index (χ0) is 11.7. The van der Waals surface area contributed by atoms with Crippen LogP contribution in [-0.2, 0) is 6.54 Å². The fraction of sp³-hybridized carbons (Fsp3) is 0.636. The number of hydrogen-bond donors (Lipinski definition) is 2. The van der Waals surface area contributed by atoms with Crippen LogP contribution in [0.3, 0.4) is 0 Å². The standard InChI is InChI=1S/C11H16N2O3/c1-7-9(14)12-11(16)13(10(7)15)6-8-4-2-3-5-8/h8,15H,2-6H2,1H3,(H,12,14,16). The predicted molar refractivity (Wildman–Crippen MR) is 59.7 cm³/mol. The molecule has 1 aliphatic rings. The van der Waals surface area contributed by atoms with Gasteiger partial charge in [0.2, 0.25) is 5.88 Å². The van der Waals surface area contributed by atoms with Crippen LogP contribution in [0.5, 0.6) is 5.88 Å². The van der Waals surface area contributed by atoms with Crippen LogP contribution in [-0.4, -0.2) is 14.7 Å². The summed E-state index contributed by atoms with van der Waals surface area (Å²) in [5.41, 5.74) is -0.817. The highest BCUT2D eigenvalue weighted by molar-refractivity contribution is 5.20. The molecule has 0 atom stereocenters. The van der Waals surface area contributed by atoms with Gasteiger partial charge in [0.1, 0.15) is 0 Å². The van der Waals surface area contributed by atoms with Crippen molar-refractivity contribution >= 4 is 0 Å². The smallest absolute Gasteiger partial charge is 0.331 e. The van der Waals surface area contributed by atoms with E-state index in [4.69, 9.17) is 0 Å². The molecule has 0 unspecified atom stereocenters. The summed E-state index contributed by atoms with van der Waals surface area (Å²) in [5.74, 6) is 0.245. The van der Waals surface area contributed by atoms with Gasteiger partial charge in [-0.15, -0.1) is 0 Å². The molecule has 0 saturated heterocycles. The molecule has 1 fully saturated rings. The second-order valence-corrected chi connectivity index (χ2v) is 4.47. The van der Waals surface area contributed by atoms with Crippen LogP contribution >= 0.6 is 0 Å². The Balaban J connectivity index is 2.36.